The van der Waals surface area contributed by atoms with E-state index in [1.165, 1.54) is 0 Å². The van der Waals surface area contributed by atoms with E-state index in [-0.39, 0.29) is 0 Å². The lowest BCUT2D eigenvalue weighted by molar-refractivity contribution is 0.467. The molecule has 2 heterocycles. The van der Waals surface area contributed by atoms with E-state index < -0.39 is 0 Å². The number of ether oxygens (including phenoxy) is 1. The number of aryl methyl sites for hydroxylation is 1. The van der Waals surface area contributed by atoms with Crippen molar-refractivity contribution in [3.8, 4) is 11.5 Å². The summed E-state index contributed by atoms with van der Waals surface area (Å²) in [5, 5.41) is 0. The fourth-order valence-electron chi connectivity index (χ4n) is 2.33. The molecule has 18 heavy (non-hydrogen) atoms. The highest BCUT2D eigenvalue weighted by molar-refractivity contribution is 5.89. The Kier molecular flexibility index (Phi) is 2.17. The molecule has 2 aromatic rings. The van der Waals surface area contributed by atoms with Crippen molar-refractivity contribution in [1.29, 1.82) is 0 Å². The van der Waals surface area contributed by atoms with Crippen LogP contribution < -0.4 is 10.5 Å². The van der Waals surface area contributed by atoms with Crippen LogP contribution in [0.3, 0.4) is 0 Å². The summed E-state index contributed by atoms with van der Waals surface area (Å²) < 4.78 is 5.94. The van der Waals surface area contributed by atoms with Gasteiger partial charge in [-0.25, -0.2) is 4.98 Å². The van der Waals surface area contributed by atoms with E-state index >= 15 is 0 Å². The quantitative estimate of drug-likeness (QED) is 0.652. The molecule has 1 aliphatic rings. The standard InChI is InChI=1S/C15H14N2O/c1-8-11-6-4-5-7-12(11)18-14-10(3)17-15(16)9(2)13(8)14/h4-7H,1H2,2-3H3,(H2,16,17). The first-order chi connectivity index (χ1) is 8.59. The maximum atomic E-state index is 5.94. The van der Waals surface area contributed by atoms with Crippen molar-refractivity contribution in [2.75, 3.05) is 5.73 Å². The molecular weight excluding hydrogens is 224 g/mol. The number of nitrogen functional groups attached to an aromatic ring is 1. The minimum Gasteiger partial charge on any atom is -0.454 e. The number of hydrogen-bond donors (Lipinski definition) is 1. The van der Waals surface area contributed by atoms with Gasteiger partial charge in [0.25, 0.3) is 0 Å². The summed E-state index contributed by atoms with van der Waals surface area (Å²) in [5.41, 5.74) is 10.6. The van der Waals surface area contributed by atoms with E-state index in [0.29, 0.717) is 5.82 Å². The van der Waals surface area contributed by atoms with E-state index in [9.17, 15) is 0 Å². The normalized spacial score (nSPS) is 12.7. The number of aromatic nitrogens is 1. The van der Waals surface area contributed by atoms with Crippen molar-refractivity contribution in [2.45, 2.75) is 13.8 Å². The van der Waals surface area contributed by atoms with Crippen LogP contribution in [-0.2, 0) is 0 Å². The number of fused-ring (bicyclic) bond motifs is 2. The minimum atomic E-state index is 0.537. The Hall–Kier alpha value is -2.29. The Morgan fingerprint density at radius 1 is 1.22 bits per heavy atom. The summed E-state index contributed by atoms with van der Waals surface area (Å²) >= 11 is 0. The van der Waals surface area contributed by atoms with Crippen molar-refractivity contribution in [2.24, 2.45) is 0 Å². The zero-order valence-corrected chi connectivity index (χ0v) is 10.4. The van der Waals surface area contributed by atoms with Crippen LogP contribution in [0, 0.1) is 13.8 Å². The van der Waals surface area contributed by atoms with Crippen LogP contribution in [0.2, 0.25) is 0 Å². The van der Waals surface area contributed by atoms with Gasteiger partial charge in [-0.05, 0) is 25.5 Å². The van der Waals surface area contributed by atoms with Gasteiger partial charge < -0.3 is 10.5 Å². The van der Waals surface area contributed by atoms with Crippen LogP contribution >= 0.6 is 0 Å². The first-order valence-corrected chi connectivity index (χ1v) is 5.83. The Balaban J connectivity index is 2.32. The van der Waals surface area contributed by atoms with Crippen LogP contribution in [0.1, 0.15) is 22.4 Å². The average molecular weight is 238 g/mol. The molecule has 2 N–H and O–H groups in total. The van der Waals surface area contributed by atoms with Crippen molar-refractivity contribution >= 4 is 11.4 Å². The van der Waals surface area contributed by atoms with Gasteiger partial charge in [-0.2, -0.15) is 0 Å². The number of para-hydroxylation sites is 1. The van der Waals surface area contributed by atoms with Crippen molar-refractivity contribution in [3.63, 3.8) is 0 Å². The second kappa shape index (κ2) is 3.60. The smallest absolute Gasteiger partial charge is 0.156 e. The fourth-order valence-corrected chi connectivity index (χ4v) is 2.33. The summed E-state index contributed by atoms with van der Waals surface area (Å²) in [6, 6.07) is 7.87. The van der Waals surface area contributed by atoms with Crippen molar-refractivity contribution < 1.29 is 4.74 Å². The molecule has 0 aliphatic carbocycles. The van der Waals surface area contributed by atoms with Crippen molar-refractivity contribution in [1.82, 2.24) is 4.98 Å². The molecule has 0 fully saturated rings. The molecule has 0 bridgehead atoms. The number of anilines is 1. The molecule has 1 aromatic heterocycles. The monoisotopic (exact) mass is 238 g/mol. The molecule has 3 rings (SSSR count). The lowest BCUT2D eigenvalue weighted by Crippen LogP contribution is -2.09. The maximum Gasteiger partial charge on any atom is 0.156 e. The first-order valence-electron chi connectivity index (χ1n) is 5.83. The van der Waals surface area contributed by atoms with E-state index in [4.69, 9.17) is 10.5 Å². The summed E-state index contributed by atoms with van der Waals surface area (Å²) in [6.45, 7) is 8.02. The molecule has 0 atom stereocenters. The van der Waals surface area contributed by atoms with Gasteiger partial charge in [-0.3, -0.25) is 0 Å². The number of hydrogen-bond acceptors (Lipinski definition) is 3. The SMILES string of the molecule is C=C1c2ccccc2Oc2c(C)nc(N)c(C)c21. The predicted octanol–water partition coefficient (Wildman–Crippen LogP) is 3.45. The van der Waals surface area contributed by atoms with Crippen LogP contribution in [0.4, 0.5) is 5.82 Å². The molecule has 3 heteroatoms. The second-order valence-electron chi connectivity index (χ2n) is 4.49. The van der Waals surface area contributed by atoms with E-state index in [0.717, 1.165) is 39.5 Å². The second-order valence-corrected chi connectivity index (χ2v) is 4.49. The average Bonchev–Trinajstić information content (AvgIpc) is 2.36. The molecule has 3 nitrogen and oxygen atoms in total. The molecule has 90 valence electrons. The van der Waals surface area contributed by atoms with Gasteiger partial charge in [0.2, 0.25) is 0 Å². The molecule has 0 saturated heterocycles. The Bertz CT molecular complexity index is 674. The summed E-state index contributed by atoms with van der Waals surface area (Å²) in [4.78, 5) is 4.31. The van der Waals surface area contributed by atoms with Gasteiger partial charge in [0.1, 0.15) is 11.6 Å². The molecule has 0 amide bonds. The van der Waals surface area contributed by atoms with Gasteiger partial charge >= 0.3 is 0 Å². The number of rotatable bonds is 0. The van der Waals surface area contributed by atoms with Crippen LogP contribution in [0.5, 0.6) is 11.5 Å². The summed E-state index contributed by atoms with van der Waals surface area (Å²) in [5.74, 6) is 2.13. The molecule has 0 unspecified atom stereocenters. The third-order valence-electron chi connectivity index (χ3n) is 3.33. The number of nitrogens with two attached hydrogens (primary N) is 1. The zero-order valence-electron chi connectivity index (χ0n) is 10.4. The molecule has 1 aromatic carbocycles. The molecule has 0 spiro atoms. The topological polar surface area (TPSA) is 48.1 Å². The lowest BCUT2D eigenvalue weighted by Gasteiger charge is -2.25. The summed E-state index contributed by atoms with van der Waals surface area (Å²) in [7, 11) is 0. The molecule has 1 aliphatic heterocycles. The molecule has 0 saturated carbocycles. The predicted molar refractivity (Wildman–Crippen MR) is 72.8 cm³/mol. The minimum absolute atomic E-state index is 0.537. The maximum absolute atomic E-state index is 5.94. The number of nitrogens with zero attached hydrogens (tertiary/aromatic N) is 1. The van der Waals surface area contributed by atoms with Gasteiger partial charge in [0, 0.05) is 16.7 Å². The van der Waals surface area contributed by atoms with Crippen molar-refractivity contribution in [3.05, 3.63) is 53.2 Å². The number of benzene rings is 1. The Labute approximate surface area is 106 Å². The highest BCUT2D eigenvalue weighted by Crippen LogP contribution is 2.45. The zero-order chi connectivity index (χ0) is 12.9. The van der Waals surface area contributed by atoms with Crippen LogP contribution in [-0.4, -0.2) is 4.98 Å². The van der Waals surface area contributed by atoms with Gasteiger partial charge in [0.15, 0.2) is 5.75 Å². The van der Waals surface area contributed by atoms with E-state index in [1.54, 1.807) is 0 Å². The highest BCUT2D eigenvalue weighted by Gasteiger charge is 2.25. The largest absolute Gasteiger partial charge is 0.454 e. The van der Waals surface area contributed by atoms with Gasteiger partial charge in [-0.1, -0.05) is 24.8 Å². The van der Waals surface area contributed by atoms with Crippen LogP contribution in [0.25, 0.3) is 5.57 Å². The van der Waals surface area contributed by atoms with E-state index in [1.807, 2.05) is 38.1 Å². The highest BCUT2D eigenvalue weighted by atomic mass is 16.5. The Morgan fingerprint density at radius 2 is 1.94 bits per heavy atom. The van der Waals surface area contributed by atoms with Gasteiger partial charge in [0.05, 0.1) is 5.69 Å². The van der Waals surface area contributed by atoms with E-state index in [2.05, 4.69) is 11.6 Å². The number of pyridine rings is 1. The lowest BCUT2D eigenvalue weighted by atomic mass is 9.92. The fraction of sp³-hybridized carbons (Fsp3) is 0.133. The van der Waals surface area contributed by atoms with Gasteiger partial charge in [-0.15, -0.1) is 0 Å². The third-order valence-corrected chi connectivity index (χ3v) is 3.33. The Morgan fingerprint density at radius 3 is 2.72 bits per heavy atom. The third kappa shape index (κ3) is 1.34. The van der Waals surface area contributed by atoms with Crippen LogP contribution in [0.15, 0.2) is 30.8 Å². The summed E-state index contributed by atoms with van der Waals surface area (Å²) in [6.07, 6.45) is 0. The first kappa shape index (κ1) is 10.8. The molecular formula is C15H14N2O. The molecule has 0 radical (unpaired) electrons.